The number of fused-ring (bicyclic) bond motifs is 1. The fourth-order valence-corrected chi connectivity index (χ4v) is 3.30. The zero-order valence-corrected chi connectivity index (χ0v) is 10.7. The maximum Gasteiger partial charge on any atom is 0.0426 e. The van der Waals surface area contributed by atoms with Crippen molar-refractivity contribution >= 4 is 5.57 Å². The zero-order chi connectivity index (χ0) is 11.7. The third kappa shape index (κ3) is 2.11. The summed E-state index contributed by atoms with van der Waals surface area (Å²) in [5, 5.41) is 0. The Kier molecular flexibility index (Phi) is 2.92. The van der Waals surface area contributed by atoms with Gasteiger partial charge in [-0.25, -0.2) is 0 Å². The Morgan fingerprint density at radius 2 is 1.82 bits per heavy atom. The molecule has 0 unspecified atom stereocenters. The van der Waals surface area contributed by atoms with Crippen LogP contribution in [0.1, 0.15) is 43.2 Å². The van der Waals surface area contributed by atoms with Gasteiger partial charge in [-0.2, -0.15) is 0 Å². The second kappa shape index (κ2) is 4.56. The predicted molar refractivity (Wildman–Crippen MR) is 72.5 cm³/mol. The molecular formula is C16H21N. The number of hydrogen-bond acceptors (Lipinski definition) is 1. The van der Waals surface area contributed by atoms with Gasteiger partial charge in [0.15, 0.2) is 0 Å². The van der Waals surface area contributed by atoms with E-state index in [0.717, 1.165) is 12.5 Å². The third-order valence-corrected chi connectivity index (χ3v) is 4.15. The fourth-order valence-electron chi connectivity index (χ4n) is 3.30. The molecule has 0 bridgehead atoms. The Hall–Kier alpha value is -1.24. The van der Waals surface area contributed by atoms with E-state index in [-0.39, 0.29) is 0 Å². The summed E-state index contributed by atoms with van der Waals surface area (Å²) in [4.78, 5) is 2.34. The van der Waals surface area contributed by atoms with Crippen LogP contribution >= 0.6 is 0 Å². The van der Waals surface area contributed by atoms with Gasteiger partial charge in [-0.05, 0) is 35.5 Å². The van der Waals surface area contributed by atoms with E-state index in [9.17, 15) is 0 Å². The molecule has 1 saturated carbocycles. The zero-order valence-electron chi connectivity index (χ0n) is 10.7. The summed E-state index contributed by atoms with van der Waals surface area (Å²) in [6.45, 7) is 1.06. The van der Waals surface area contributed by atoms with Gasteiger partial charge in [0, 0.05) is 19.8 Å². The maximum absolute atomic E-state index is 2.39. The van der Waals surface area contributed by atoms with Gasteiger partial charge in [-0.1, -0.05) is 43.5 Å². The molecule has 1 fully saturated rings. The van der Waals surface area contributed by atoms with Gasteiger partial charge in [0.1, 0.15) is 0 Å². The molecule has 0 aromatic heterocycles. The second-order valence-electron chi connectivity index (χ2n) is 5.49. The van der Waals surface area contributed by atoms with Crippen molar-refractivity contribution in [3.05, 3.63) is 41.6 Å². The first kappa shape index (κ1) is 10.9. The third-order valence-electron chi connectivity index (χ3n) is 4.15. The van der Waals surface area contributed by atoms with Crippen LogP contribution in [0.15, 0.2) is 30.5 Å². The summed E-state index contributed by atoms with van der Waals surface area (Å²) in [6, 6.07) is 8.93. The Balaban J connectivity index is 1.96. The summed E-state index contributed by atoms with van der Waals surface area (Å²) in [5.74, 6) is 0.799. The standard InChI is InChI=1S/C16H21N/c1-17-11-14-9-5-6-10-15(14)16(12-17)13-7-3-2-4-8-13/h5-6,9-10,12-13H,2-4,7-8,11H2,1H3. The van der Waals surface area contributed by atoms with Crippen LogP contribution in [-0.4, -0.2) is 11.9 Å². The predicted octanol–water partition coefficient (Wildman–Crippen LogP) is 4.05. The molecule has 1 heteroatoms. The molecule has 0 N–H and O–H groups in total. The summed E-state index contributed by atoms with van der Waals surface area (Å²) in [5.41, 5.74) is 4.60. The molecule has 1 aromatic carbocycles. The molecule has 0 radical (unpaired) electrons. The number of nitrogens with zero attached hydrogens (tertiary/aromatic N) is 1. The quantitative estimate of drug-likeness (QED) is 0.699. The van der Waals surface area contributed by atoms with Gasteiger partial charge in [-0.15, -0.1) is 0 Å². The second-order valence-corrected chi connectivity index (χ2v) is 5.49. The van der Waals surface area contributed by atoms with E-state index < -0.39 is 0 Å². The Labute approximate surface area is 104 Å². The Bertz CT molecular complexity index is 427. The number of rotatable bonds is 1. The highest BCUT2D eigenvalue weighted by atomic mass is 15.1. The summed E-state index contributed by atoms with van der Waals surface area (Å²) >= 11 is 0. The molecule has 0 atom stereocenters. The van der Waals surface area contributed by atoms with E-state index in [4.69, 9.17) is 0 Å². The lowest BCUT2D eigenvalue weighted by molar-refractivity contribution is 0.405. The molecule has 3 rings (SSSR count). The Morgan fingerprint density at radius 3 is 2.65 bits per heavy atom. The van der Waals surface area contributed by atoms with Crippen molar-refractivity contribution in [3.8, 4) is 0 Å². The normalized spacial score (nSPS) is 21.0. The number of benzene rings is 1. The topological polar surface area (TPSA) is 3.24 Å². The lowest BCUT2D eigenvalue weighted by Gasteiger charge is -2.32. The van der Waals surface area contributed by atoms with Crippen molar-refractivity contribution in [2.45, 2.75) is 38.6 Å². The number of hydrogen-bond donors (Lipinski definition) is 0. The van der Waals surface area contributed by atoms with Crippen LogP contribution in [0.4, 0.5) is 0 Å². The molecule has 1 aliphatic heterocycles. The van der Waals surface area contributed by atoms with Gasteiger partial charge in [-0.3, -0.25) is 0 Å². The molecule has 1 heterocycles. The van der Waals surface area contributed by atoms with Gasteiger partial charge >= 0.3 is 0 Å². The van der Waals surface area contributed by atoms with Gasteiger partial charge in [0.05, 0.1) is 0 Å². The lowest BCUT2D eigenvalue weighted by atomic mass is 9.79. The fraction of sp³-hybridized carbons (Fsp3) is 0.500. The molecule has 0 spiro atoms. The molecule has 17 heavy (non-hydrogen) atoms. The van der Waals surface area contributed by atoms with Crippen molar-refractivity contribution < 1.29 is 0 Å². The molecule has 1 aromatic rings. The highest BCUT2D eigenvalue weighted by molar-refractivity contribution is 5.71. The minimum Gasteiger partial charge on any atom is -0.376 e. The van der Waals surface area contributed by atoms with Gasteiger partial charge in [0.2, 0.25) is 0 Å². The van der Waals surface area contributed by atoms with Crippen molar-refractivity contribution in [2.75, 3.05) is 7.05 Å². The highest BCUT2D eigenvalue weighted by Crippen LogP contribution is 2.38. The first-order valence-corrected chi connectivity index (χ1v) is 6.85. The largest absolute Gasteiger partial charge is 0.376 e. The molecule has 1 aliphatic carbocycles. The minimum atomic E-state index is 0.799. The monoisotopic (exact) mass is 227 g/mol. The van der Waals surface area contributed by atoms with Crippen LogP contribution in [0.2, 0.25) is 0 Å². The molecule has 0 saturated heterocycles. The van der Waals surface area contributed by atoms with E-state index in [0.29, 0.717) is 0 Å². The van der Waals surface area contributed by atoms with Crippen LogP contribution in [0.25, 0.3) is 5.57 Å². The van der Waals surface area contributed by atoms with E-state index in [1.54, 1.807) is 5.57 Å². The van der Waals surface area contributed by atoms with Crippen molar-refractivity contribution in [2.24, 2.45) is 5.92 Å². The van der Waals surface area contributed by atoms with Gasteiger partial charge in [0.25, 0.3) is 0 Å². The Morgan fingerprint density at radius 1 is 1.06 bits per heavy atom. The van der Waals surface area contributed by atoms with E-state index >= 15 is 0 Å². The summed E-state index contributed by atoms with van der Waals surface area (Å²) in [6.07, 6.45) is 9.41. The van der Waals surface area contributed by atoms with Crippen molar-refractivity contribution in [1.82, 2.24) is 4.90 Å². The molecule has 1 nitrogen and oxygen atoms in total. The first-order valence-electron chi connectivity index (χ1n) is 6.85. The van der Waals surface area contributed by atoms with Crippen LogP contribution in [-0.2, 0) is 6.54 Å². The van der Waals surface area contributed by atoms with E-state index in [1.165, 1.54) is 43.2 Å². The van der Waals surface area contributed by atoms with Crippen LogP contribution in [0.5, 0.6) is 0 Å². The molecule has 90 valence electrons. The summed E-state index contributed by atoms with van der Waals surface area (Å²) < 4.78 is 0. The van der Waals surface area contributed by atoms with Crippen molar-refractivity contribution in [3.63, 3.8) is 0 Å². The van der Waals surface area contributed by atoms with Crippen LogP contribution in [0.3, 0.4) is 0 Å². The van der Waals surface area contributed by atoms with Crippen molar-refractivity contribution in [1.29, 1.82) is 0 Å². The summed E-state index contributed by atoms with van der Waals surface area (Å²) in [7, 11) is 2.19. The lowest BCUT2D eigenvalue weighted by Crippen LogP contribution is -2.21. The average molecular weight is 227 g/mol. The first-order chi connectivity index (χ1) is 8.34. The SMILES string of the molecule is CN1C=C(C2CCCCC2)c2ccccc2C1. The highest BCUT2D eigenvalue weighted by Gasteiger charge is 2.23. The number of allylic oxidation sites excluding steroid dienone is 1. The van der Waals surface area contributed by atoms with Crippen LogP contribution in [0, 0.1) is 5.92 Å². The molecule has 2 aliphatic rings. The average Bonchev–Trinajstić information content (AvgIpc) is 2.39. The van der Waals surface area contributed by atoms with Gasteiger partial charge < -0.3 is 4.90 Å². The molecule has 0 amide bonds. The van der Waals surface area contributed by atoms with Crippen LogP contribution < -0.4 is 0 Å². The minimum absolute atomic E-state index is 0.799. The molecular weight excluding hydrogens is 206 g/mol. The van der Waals surface area contributed by atoms with E-state index in [2.05, 4.69) is 42.4 Å². The van der Waals surface area contributed by atoms with E-state index in [1.807, 2.05) is 0 Å². The maximum atomic E-state index is 2.39. The smallest absolute Gasteiger partial charge is 0.0426 e.